The molecule has 2 nitrogen and oxygen atoms in total. The number of halogens is 2. The van der Waals surface area contributed by atoms with Crippen LogP contribution >= 0.6 is 0 Å². The molecule has 1 aliphatic heterocycles. The number of benzene rings is 2. The van der Waals surface area contributed by atoms with E-state index in [1.165, 1.54) is 24.3 Å². The lowest BCUT2D eigenvalue weighted by atomic mass is 9.97. The SMILES string of the molecule is CC(CC(=O)N1CCc2ccc(F)cc21)c1cccc(F)c1. The van der Waals surface area contributed by atoms with Gasteiger partial charge in [-0.2, -0.15) is 0 Å². The Morgan fingerprint density at radius 2 is 1.95 bits per heavy atom. The molecule has 0 aromatic heterocycles. The zero-order valence-corrected chi connectivity index (χ0v) is 12.4. The zero-order chi connectivity index (χ0) is 15.7. The molecule has 0 radical (unpaired) electrons. The average Bonchev–Trinajstić information content (AvgIpc) is 2.90. The molecule has 114 valence electrons. The fraction of sp³-hybridized carbons (Fsp3) is 0.278. The molecule has 2 aromatic carbocycles. The fourth-order valence-electron chi connectivity index (χ4n) is 2.91. The van der Waals surface area contributed by atoms with E-state index < -0.39 is 0 Å². The molecule has 2 aromatic rings. The van der Waals surface area contributed by atoms with E-state index in [1.54, 1.807) is 17.0 Å². The highest BCUT2D eigenvalue weighted by atomic mass is 19.1. The van der Waals surface area contributed by atoms with Crippen molar-refractivity contribution in [3.63, 3.8) is 0 Å². The summed E-state index contributed by atoms with van der Waals surface area (Å²) >= 11 is 0. The summed E-state index contributed by atoms with van der Waals surface area (Å²) in [6, 6.07) is 10.9. The van der Waals surface area contributed by atoms with Gasteiger partial charge in [0.1, 0.15) is 11.6 Å². The summed E-state index contributed by atoms with van der Waals surface area (Å²) in [6.45, 7) is 2.47. The highest BCUT2D eigenvalue weighted by molar-refractivity contribution is 5.95. The summed E-state index contributed by atoms with van der Waals surface area (Å²) in [6.07, 6.45) is 1.02. The van der Waals surface area contributed by atoms with Gasteiger partial charge in [0, 0.05) is 18.7 Å². The normalized spacial score (nSPS) is 14.8. The summed E-state index contributed by atoms with van der Waals surface area (Å²) in [5.41, 5.74) is 2.46. The third kappa shape index (κ3) is 2.86. The smallest absolute Gasteiger partial charge is 0.227 e. The van der Waals surface area contributed by atoms with Crippen molar-refractivity contribution >= 4 is 11.6 Å². The molecule has 1 atom stereocenters. The van der Waals surface area contributed by atoms with Crippen LogP contribution in [-0.2, 0) is 11.2 Å². The van der Waals surface area contributed by atoms with E-state index >= 15 is 0 Å². The van der Waals surface area contributed by atoms with Gasteiger partial charge in [0.05, 0.1) is 0 Å². The van der Waals surface area contributed by atoms with Crippen molar-refractivity contribution in [2.45, 2.75) is 25.7 Å². The van der Waals surface area contributed by atoms with Crippen LogP contribution in [0.2, 0.25) is 0 Å². The summed E-state index contributed by atoms with van der Waals surface area (Å²) in [5.74, 6) is -0.774. The van der Waals surface area contributed by atoms with E-state index in [-0.39, 0.29) is 29.9 Å². The van der Waals surface area contributed by atoms with E-state index in [0.717, 1.165) is 17.5 Å². The van der Waals surface area contributed by atoms with Crippen molar-refractivity contribution in [3.05, 3.63) is 65.2 Å². The molecule has 0 fully saturated rings. The number of anilines is 1. The van der Waals surface area contributed by atoms with Crippen molar-refractivity contribution in [1.82, 2.24) is 0 Å². The maximum atomic E-state index is 13.4. The van der Waals surface area contributed by atoms with Gasteiger partial charge >= 0.3 is 0 Å². The Balaban J connectivity index is 1.75. The summed E-state index contributed by atoms with van der Waals surface area (Å²) in [4.78, 5) is 14.1. The van der Waals surface area contributed by atoms with Crippen LogP contribution in [-0.4, -0.2) is 12.5 Å². The van der Waals surface area contributed by atoms with Gasteiger partial charge in [-0.25, -0.2) is 8.78 Å². The molecular weight excluding hydrogens is 284 g/mol. The van der Waals surface area contributed by atoms with Crippen LogP contribution in [0.25, 0.3) is 0 Å². The number of nitrogens with zero attached hydrogens (tertiary/aromatic N) is 1. The van der Waals surface area contributed by atoms with E-state index in [1.807, 2.05) is 13.0 Å². The first-order valence-electron chi connectivity index (χ1n) is 7.39. The number of rotatable bonds is 3. The van der Waals surface area contributed by atoms with Crippen LogP contribution in [0.5, 0.6) is 0 Å². The van der Waals surface area contributed by atoms with Gasteiger partial charge in [0.15, 0.2) is 0 Å². The van der Waals surface area contributed by atoms with Crippen molar-refractivity contribution in [2.75, 3.05) is 11.4 Å². The topological polar surface area (TPSA) is 20.3 Å². The highest BCUT2D eigenvalue weighted by Gasteiger charge is 2.26. The quantitative estimate of drug-likeness (QED) is 0.837. The molecule has 0 aliphatic carbocycles. The minimum absolute atomic E-state index is 0.0545. The van der Waals surface area contributed by atoms with Gasteiger partial charge in [0.25, 0.3) is 0 Å². The predicted octanol–water partition coefficient (Wildman–Crippen LogP) is 4.05. The van der Waals surface area contributed by atoms with Gasteiger partial charge in [-0.15, -0.1) is 0 Å². The Hall–Kier alpha value is -2.23. The maximum Gasteiger partial charge on any atom is 0.227 e. The van der Waals surface area contributed by atoms with Gasteiger partial charge in [0.2, 0.25) is 5.91 Å². The van der Waals surface area contributed by atoms with Gasteiger partial charge in [-0.3, -0.25) is 4.79 Å². The Morgan fingerprint density at radius 3 is 2.73 bits per heavy atom. The molecule has 0 N–H and O–H groups in total. The molecule has 1 unspecified atom stereocenters. The molecule has 0 saturated heterocycles. The molecule has 0 spiro atoms. The first-order chi connectivity index (χ1) is 10.5. The Morgan fingerprint density at radius 1 is 1.18 bits per heavy atom. The zero-order valence-electron chi connectivity index (χ0n) is 12.4. The summed E-state index contributed by atoms with van der Waals surface area (Å²) < 4.78 is 26.7. The molecule has 1 aliphatic rings. The lowest BCUT2D eigenvalue weighted by Gasteiger charge is -2.20. The molecule has 22 heavy (non-hydrogen) atoms. The van der Waals surface area contributed by atoms with Crippen LogP contribution in [0.15, 0.2) is 42.5 Å². The molecule has 3 rings (SSSR count). The van der Waals surface area contributed by atoms with E-state index in [9.17, 15) is 13.6 Å². The van der Waals surface area contributed by atoms with Crippen LogP contribution in [0, 0.1) is 11.6 Å². The first kappa shape index (κ1) is 14.7. The maximum absolute atomic E-state index is 13.4. The Kier molecular flexibility index (Phi) is 3.92. The van der Waals surface area contributed by atoms with Gasteiger partial charge in [-0.05, 0) is 47.7 Å². The Labute approximate surface area is 128 Å². The lowest BCUT2D eigenvalue weighted by Crippen LogP contribution is -2.29. The number of carbonyl (C=O) groups is 1. The molecule has 0 saturated carbocycles. The second-order valence-corrected chi connectivity index (χ2v) is 5.73. The van der Waals surface area contributed by atoms with Crippen molar-refractivity contribution < 1.29 is 13.6 Å². The average molecular weight is 301 g/mol. The van der Waals surface area contributed by atoms with Crippen molar-refractivity contribution in [2.24, 2.45) is 0 Å². The Bertz CT molecular complexity index is 714. The van der Waals surface area contributed by atoms with E-state index in [4.69, 9.17) is 0 Å². The first-order valence-corrected chi connectivity index (χ1v) is 7.39. The van der Waals surface area contributed by atoms with Crippen LogP contribution in [0.3, 0.4) is 0 Å². The third-order valence-corrected chi connectivity index (χ3v) is 4.14. The third-order valence-electron chi connectivity index (χ3n) is 4.14. The minimum Gasteiger partial charge on any atom is -0.312 e. The molecule has 4 heteroatoms. The lowest BCUT2D eigenvalue weighted by molar-refractivity contribution is -0.118. The second-order valence-electron chi connectivity index (χ2n) is 5.73. The summed E-state index contributed by atoms with van der Waals surface area (Å²) in [5, 5.41) is 0. The molecule has 1 amide bonds. The van der Waals surface area contributed by atoms with Gasteiger partial charge in [-0.1, -0.05) is 25.1 Å². The number of fused-ring (bicyclic) bond motifs is 1. The van der Waals surface area contributed by atoms with Crippen LogP contribution < -0.4 is 4.90 Å². The van der Waals surface area contributed by atoms with E-state index in [2.05, 4.69) is 0 Å². The number of carbonyl (C=O) groups excluding carboxylic acids is 1. The molecule has 0 bridgehead atoms. The van der Waals surface area contributed by atoms with Crippen LogP contribution in [0.4, 0.5) is 14.5 Å². The largest absolute Gasteiger partial charge is 0.312 e. The number of hydrogen-bond donors (Lipinski definition) is 0. The fourth-order valence-corrected chi connectivity index (χ4v) is 2.91. The van der Waals surface area contributed by atoms with Gasteiger partial charge < -0.3 is 4.90 Å². The minimum atomic E-state index is -0.336. The standard InChI is InChI=1S/C18H17F2NO/c1-12(14-3-2-4-15(19)10-14)9-18(22)21-8-7-13-5-6-16(20)11-17(13)21/h2-6,10-12H,7-9H2,1H3. The number of amides is 1. The monoisotopic (exact) mass is 301 g/mol. The second kappa shape index (κ2) is 5.87. The summed E-state index contributed by atoms with van der Waals surface area (Å²) in [7, 11) is 0. The van der Waals surface area contributed by atoms with Crippen LogP contribution in [0.1, 0.15) is 30.4 Å². The number of hydrogen-bond acceptors (Lipinski definition) is 1. The van der Waals surface area contributed by atoms with E-state index in [0.29, 0.717) is 12.2 Å². The highest BCUT2D eigenvalue weighted by Crippen LogP contribution is 2.31. The molecule has 1 heterocycles. The predicted molar refractivity (Wildman–Crippen MR) is 81.9 cm³/mol. The van der Waals surface area contributed by atoms with Crippen molar-refractivity contribution in [1.29, 1.82) is 0 Å². The molecular formula is C18H17F2NO. The van der Waals surface area contributed by atoms with Crippen molar-refractivity contribution in [3.8, 4) is 0 Å².